The van der Waals surface area contributed by atoms with Crippen LogP contribution >= 0.6 is 0 Å². The van der Waals surface area contributed by atoms with E-state index in [0.717, 1.165) is 25.6 Å². The molecule has 0 aliphatic rings. The molecule has 0 saturated carbocycles. The molecule has 0 unspecified atom stereocenters. The van der Waals surface area contributed by atoms with E-state index in [1.165, 1.54) is 11.3 Å². The van der Waals surface area contributed by atoms with Crippen molar-refractivity contribution >= 4 is 5.69 Å². The molecule has 90 valence electrons. The molecule has 1 N–H and O–H groups in total. The van der Waals surface area contributed by atoms with Crippen molar-refractivity contribution in [1.82, 2.24) is 4.90 Å². The summed E-state index contributed by atoms with van der Waals surface area (Å²) in [6.07, 6.45) is 0. The van der Waals surface area contributed by atoms with E-state index in [1.54, 1.807) is 0 Å². The molecule has 0 fully saturated rings. The normalized spacial score (nSPS) is 11.1. The van der Waals surface area contributed by atoms with Crippen molar-refractivity contribution in [1.29, 1.82) is 0 Å². The summed E-state index contributed by atoms with van der Waals surface area (Å²) in [7, 11) is 2.18. The van der Waals surface area contributed by atoms with Crippen molar-refractivity contribution in [3.8, 4) is 0 Å². The Hall–Kier alpha value is -1.02. The van der Waals surface area contributed by atoms with Crippen LogP contribution in [-0.4, -0.2) is 31.6 Å². The zero-order chi connectivity index (χ0) is 12.0. The molecule has 1 rings (SSSR count). The van der Waals surface area contributed by atoms with Gasteiger partial charge in [0.05, 0.1) is 0 Å². The van der Waals surface area contributed by atoms with Crippen LogP contribution in [0.15, 0.2) is 24.3 Å². The summed E-state index contributed by atoms with van der Waals surface area (Å²) < 4.78 is 0. The summed E-state index contributed by atoms with van der Waals surface area (Å²) in [5.41, 5.74) is 2.56. The molecule has 0 radical (unpaired) electrons. The van der Waals surface area contributed by atoms with Crippen LogP contribution in [0, 0.1) is 12.8 Å². The van der Waals surface area contributed by atoms with E-state index < -0.39 is 0 Å². The van der Waals surface area contributed by atoms with Gasteiger partial charge in [0.1, 0.15) is 0 Å². The van der Waals surface area contributed by atoms with Gasteiger partial charge in [-0.05, 0) is 31.5 Å². The fourth-order valence-corrected chi connectivity index (χ4v) is 1.87. The Bertz CT molecular complexity index is 307. The van der Waals surface area contributed by atoms with Gasteiger partial charge in [-0.25, -0.2) is 0 Å². The molecule has 0 saturated heterocycles. The van der Waals surface area contributed by atoms with Gasteiger partial charge < -0.3 is 10.2 Å². The quantitative estimate of drug-likeness (QED) is 0.793. The molecule has 0 spiro atoms. The predicted molar refractivity (Wildman–Crippen MR) is 72.0 cm³/mol. The summed E-state index contributed by atoms with van der Waals surface area (Å²) in [6, 6.07) is 8.43. The number of aryl methyl sites for hydroxylation is 1. The minimum atomic E-state index is 0.739. The second-order valence-corrected chi connectivity index (χ2v) is 4.90. The number of nitrogens with zero attached hydrogens (tertiary/aromatic N) is 1. The van der Waals surface area contributed by atoms with Crippen LogP contribution in [0.2, 0.25) is 0 Å². The van der Waals surface area contributed by atoms with Crippen molar-refractivity contribution in [3.63, 3.8) is 0 Å². The van der Waals surface area contributed by atoms with E-state index >= 15 is 0 Å². The van der Waals surface area contributed by atoms with Gasteiger partial charge in [-0.3, -0.25) is 0 Å². The Kier molecular flexibility index (Phi) is 5.33. The molecule has 2 heteroatoms. The molecular formula is C14H24N2. The molecule has 0 aliphatic heterocycles. The lowest BCUT2D eigenvalue weighted by Gasteiger charge is -2.19. The van der Waals surface area contributed by atoms with Gasteiger partial charge in [-0.1, -0.05) is 32.0 Å². The number of hydrogen-bond donors (Lipinski definition) is 1. The highest BCUT2D eigenvalue weighted by Crippen LogP contribution is 2.12. The van der Waals surface area contributed by atoms with Crippen molar-refractivity contribution < 1.29 is 0 Å². The van der Waals surface area contributed by atoms with Gasteiger partial charge in [0, 0.05) is 25.3 Å². The second-order valence-electron chi connectivity index (χ2n) is 4.90. The number of nitrogens with one attached hydrogen (secondary N) is 1. The summed E-state index contributed by atoms with van der Waals surface area (Å²) in [4.78, 5) is 2.37. The summed E-state index contributed by atoms with van der Waals surface area (Å²) >= 11 is 0. The molecular weight excluding hydrogens is 196 g/mol. The largest absolute Gasteiger partial charge is 0.384 e. The minimum Gasteiger partial charge on any atom is -0.384 e. The molecule has 0 atom stereocenters. The van der Waals surface area contributed by atoms with Gasteiger partial charge in [0.25, 0.3) is 0 Å². The van der Waals surface area contributed by atoms with Crippen LogP contribution in [0.3, 0.4) is 0 Å². The standard InChI is InChI=1S/C14H24N2/c1-12(2)11-16(4)10-9-15-14-8-6-5-7-13(14)3/h5-8,12,15H,9-11H2,1-4H3. The Morgan fingerprint density at radius 3 is 2.56 bits per heavy atom. The fourth-order valence-electron chi connectivity index (χ4n) is 1.87. The zero-order valence-electron chi connectivity index (χ0n) is 11.0. The van der Waals surface area contributed by atoms with E-state index in [0.29, 0.717) is 0 Å². The van der Waals surface area contributed by atoms with Crippen molar-refractivity contribution in [2.24, 2.45) is 5.92 Å². The maximum absolute atomic E-state index is 3.48. The van der Waals surface area contributed by atoms with Gasteiger partial charge in [-0.15, -0.1) is 0 Å². The maximum Gasteiger partial charge on any atom is 0.0370 e. The number of rotatable bonds is 6. The molecule has 1 aromatic carbocycles. The van der Waals surface area contributed by atoms with E-state index in [9.17, 15) is 0 Å². The number of para-hydroxylation sites is 1. The van der Waals surface area contributed by atoms with Crippen LogP contribution in [0.1, 0.15) is 19.4 Å². The van der Waals surface area contributed by atoms with E-state index in [1.807, 2.05) is 0 Å². The molecule has 0 heterocycles. The molecule has 2 nitrogen and oxygen atoms in total. The summed E-state index contributed by atoms with van der Waals surface area (Å²) in [6.45, 7) is 9.91. The molecule has 0 amide bonds. The first-order chi connectivity index (χ1) is 7.59. The third kappa shape index (κ3) is 4.67. The summed E-state index contributed by atoms with van der Waals surface area (Å²) in [5.74, 6) is 0.739. The highest BCUT2D eigenvalue weighted by atomic mass is 15.1. The minimum absolute atomic E-state index is 0.739. The maximum atomic E-state index is 3.48. The van der Waals surface area contributed by atoms with Crippen LogP contribution in [-0.2, 0) is 0 Å². The predicted octanol–water partition coefficient (Wildman–Crippen LogP) is 2.99. The number of hydrogen-bond acceptors (Lipinski definition) is 2. The average molecular weight is 220 g/mol. The van der Waals surface area contributed by atoms with Gasteiger partial charge >= 0.3 is 0 Å². The monoisotopic (exact) mass is 220 g/mol. The third-order valence-corrected chi connectivity index (χ3v) is 2.63. The Morgan fingerprint density at radius 1 is 1.25 bits per heavy atom. The zero-order valence-corrected chi connectivity index (χ0v) is 11.0. The number of benzene rings is 1. The first-order valence-electron chi connectivity index (χ1n) is 6.07. The average Bonchev–Trinajstić information content (AvgIpc) is 2.19. The SMILES string of the molecule is Cc1ccccc1NCCN(C)CC(C)C. The second kappa shape index (κ2) is 6.54. The van der Waals surface area contributed by atoms with Crippen LogP contribution in [0.5, 0.6) is 0 Å². The first-order valence-corrected chi connectivity index (χ1v) is 6.07. The number of anilines is 1. The highest BCUT2D eigenvalue weighted by Gasteiger charge is 2.01. The molecule has 0 bridgehead atoms. The number of likely N-dealkylation sites (N-methyl/N-ethyl adjacent to an activating group) is 1. The Labute approximate surface area is 99.7 Å². The van der Waals surface area contributed by atoms with Crippen LogP contribution < -0.4 is 5.32 Å². The van der Waals surface area contributed by atoms with E-state index in [2.05, 4.69) is 62.3 Å². The van der Waals surface area contributed by atoms with Crippen molar-refractivity contribution in [2.45, 2.75) is 20.8 Å². The van der Waals surface area contributed by atoms with Crippen molar-refractivity contribution in [2.75, 3.05) is 32.0 Å². The lowest BCUT2D eigenvalue weighted by molar-refractivity contribution is 0.306. The summed E-state index contributed by atoms with van der Waals surface area (Å²) in [5, 5.41) is 3.48. The fraction of sp³-hybridized carbons (Fsp3) is 0.571. The topological polar surface area (TPSA) is 15.3 Å². The molecule has 0 aliphatic carbocycles. The molecule has 0 aromatic heterocycles. The molecule has 1 aromatic rings. The lowest BCUT2D eigenvalue weighted by atomic mass is 10.2. The Morgan fingerprint density at radius 2 is 1.94 bits per heavy atom. The van der Waals surface area contributed by atoms with Gasteiger partial charge in [0.2, 0.25) is 0 Å². The third-order valence-electron chi connectivity index (χ3n) is 2.63. The van der Waals surface area contributed by atoms with Gasteiger partial charge in [-0.2, -0.15) is 0 Å². The first kappa shape index (κ1) is 13.0. The smallest absolute Gasteiger partial charge is 0.0370 e. The van der Waals surface area contributed by atoms with Gasteiger partial charge in [0.15, 0.2) is 0 Å². The molecule has 16 heavy (non-hydrogen) atoms. The van der Waals surface area contributed by atoms with E-state index in [-0.39, 0.29) is 0 Å². The Balaban J connectivity index is 2.28. The van der Waals surface area contributed by atoms with Crippen molar-refractivity contribution in [3.05, 3.63) is 29.8 Å². The highest BCUT2D eigenvalue weighted by molar-refractivity contribution is 5.50. The van der Waals surface area contributed by atoms with Crippen LogP contribution in [0.25, 0.3) is 0 Å². The van der Waals surface area contributed by atoms with E-state index in [4.69, 9.17) is 0 Å². The lowest BCUT2D eigenvalue weighted by Crippen LogP contribution is -2.28. The van der Waals surface area contributed by atoms with Crippen LogP contribution in [0.4, 0.5) is 5.69 Å².